The summed E-state index contributed by atoms with van der Waals surface area (Å²) in [7, 11) is 0. The van der Waals surface area contributed by atoms with Crippen molar-refractivity contribution in [1.29, 1.82) is 0 Å². The topological polar surface area (TPSA) is 43.1 Å². The Morgan fingerprint density at radius 3 is 2.88 bits per heavy atom. The highest BCUT2D eigenvalue weighted by Gasteiger charge is 1.94. The van der Waals surface area contributed by atoms with Gasteiger partial charge in [0.25, 0.3) is 0 Å². The summed E-state index contributed by atoms with van der Waals surface area (Å²) in [6.45, 7) is 1.55. The van der Waals surface area contributed by atoms with E-state index in [0.717, 1.165) is 11.3 Å². The molecule has 1 rings (SSSR count). The smallest absolute Gasteiger partial charge is 0.185 e. The summed E-state index contributed by atoms with van der Waals surface area (Å²) in [5.74, 6) is 6.66. The lowest BCUT2D eigenvalue weighted by Crippen LogP contribution is -1.86. The monoisotopic (exact) mass is 253 g/mol. The number of nitrogens with two attached hydrogens (primary N) is 1. The third-order valence-electron chi connectivity index (χ3n) is 1.69. The van der Waals surface area contributed by atoms with Crippen LogP contribution in [0.3, 0.4) is 0 Å². The van der Waals surface area contributed by atoms with E-state index in [1.165, 1.54) is 11.8 Å². The van der Waals surface area contributed by atoms with E-state index in [9.17, 15) is 4.79 Å². The summed E-state index contributed by atoms with van der Waals surface area (Å²) in [6, 6.07) is 5.22. The first-order valence-electron chi connectivity index (χ1n) is 4.76. The van der Waals surface area contributed by atoms with Crippen LogP contribution in [0.25, 0.3) is 0 Å². The second kappa shape index (κ2) is 6.47. The number of benzene rings is 1. The molecule has 2 nitrogen and oxygen atoms in total. The number of thioether (sulfide) groups is 1. The molecule has 0 amide bonds. The van der Waals surface area contributed by atoms with Gasteiger partial charge in [-0.15, -0.1) is 0 Å². The highest BCUT2D eigenvalue weighted by molar-refractivity contribution is 8.13. The van der Waals surface area contributed by atoms with Crippen LogP contribution >= 0.6 is 23.4 Å². The van der Waals surface area contributed by atoms with E-state index < -0.39 is 0 Å². The standard InChI is InChI=1S/C12H12ClNOS/c1-9(15)16-5-3-2-4-10-6-11(13)8-12(14)7-10/h6-8H,3,5,14H2,1H3. The van der Waals surface area contributed by atoms with Crippen molar-refractivity contribution >= 4 is 34.2 Å². The number of hydrogen-bond donors (Lipinski definition) is 1. The van der Waals surface area contributed by atoms with Crippen LogP contribution in [-0.4, -0.2) is 10.9 Å². The molecule has 0 saturated heterocycles. The van der Waals surface area contributed by atoms with Crippen molar-refractivity contribution in [1.82, 2.24) is 0 Å². The van der Waals surface area contributed by atoms with E-state index in [1.807, 2.05) is 0 Å². The van der Waals surface area contributed by atoms with Gasteiger partial charge in [0.2, 0.25) is 0 Å². The molecular formula is C12H12ClNOS. The Hall–Kier alpha value is -1.11. The number of hydrogen-bond acceptors (Lipinski definition) is 3. The summed E-state index contributed by atoms with van der Waals surface area (Å²) in [5, 5.41) is 0.705. The molecule has 16 heavy (non-hydrogen) atoms. The first kappa shape index (κ1) is 13.0. The van der Waals surface area contributed by atoms with Crippen molar-refractivity contribution in [3.05, 3.63) is 28.8 Å². The molecule has 0 fully saturated rings. The Kier molecular flexibility index (Phi) is 5.24. The summed E-state index contributed by atoms with van der Waals surface area (Å²) in [4.78, 5) is 10.6. The van der Waals surface area contributed by atoms with Crippen LogP contribution in [-0.2, 0) is 4.79 Å². The average Bonchev–Trinajstić information content (AvgIpc) is 2.15. The zero-order chi connectivity index (χ0) is 12.0. The maximum absolute atomic E-state index is 10.6. The normalized spacial score (nSPS) is 9.38. The quantitative estimate of drug-likeness (QED) is 0.501. The lowest BCUT2D eigenvalue weighted by atomic mass is 10.2. The molecule has 0 saturated carbocycles. The van der Waals surface area contributed by atoms with E-state index in [1.54, 1.807) is 25.1 Å². The molecule has 0 aliphatic rings. The van der Waals surface area contributed by atoms with Crippen LogP contribution in [0.4, 0.5) is 5.69 Å². The van der Waals surface area contributed by atoms with E-state index in [0.29, 0.717) is 17.1 Å². The van der Waals surface area contributed by atoms with Gasteiger partial charge < -0.3 is 5.73 Å². The summed E-state index contributed by atoms with van der Waals surface area (Å²) >= 11 is 7.12. The van der Waals surface area contributed by atoms with Crippen molar-refractivity contribution in [2.75, 3.05) is 11.5 Å². The third-order valence-corrected chi connectivity index (χ3v) is 2.72. The zero-order valence-electron chi connectivity index (χ0n) is 8.92. The Morgan fingerprint density at radius 1 is 1.50 bits per heavy atom. The molecule has 4 heteroatoms. The Labute approximate surface area is 105 Å². The van der Waals surface area contributed by atoms with Gasteiger partial charge in [0, 0.05) is 35.4 Å². The predicted molar refractivity (Wildman–Crippen MR) is 70.5 cm³/mol. The van der Waals surface area contributed by atoms with Crippen LogP contribution < -0.4 is 5.73 Å². The van der Waals surface area contributed by atoms with Gasteiger partial charge in [-0.1, -0.05) is 35.2 Å². The van der Waals surface area contributed by atoms with Gasteiger partial charge in [0.1, 0.15) is 0 Å². The highest BCUT2D eigenvalue weighted by atomic mass is 35.5. The lowest BCUT2D eigenvalue weighted by molar-refractivity contribution is -0.109. The predicted octanol–water partition coefficient (Wildman–Crippen LogP) is 2.94. The fourth-order valence-electron chi connectivity index (χ4n) is 1.09. The van der Waals surface area contributed by atoms with Gasteiger partial charge in [-0.05, 0) is 18.2 Å². The summed E-state index contributed by atoms with van der Waals surface area (Å²) in [6.07, 6.45) is 0.677. The Balaban J connectivity index is 2.53. The van der Waals surface area contributed by atoms with Gasteiger partial charge in [-0.3, -0.25) is 4.79 Å². The van der Waals surface area contributed by atoms with Gasteiger partial charge in [-0.25, -0.2) is 0 Å². The molecule has 0 heterocycles. The van der Waals surface area contributed by atoms with E-state index in [2.05, 4.69) is 11.8 Å². The molecule has 0 unspecified atom stereocenters. The van der Waals surface area contributed by atoms with Gasteiger partial charge in [-0.2, -0.15) is 0 Å². The molecule has 84 valence electrons. The number of carbonyl (C=O) groups excluding carboxylic acids is 1. The second-order valence-corrected chi connectivity index (χ2v) is 4.87. The number of rotatable bonds is 2. The van der Waals surface area contributed by atoms with Crippen LogP contribution in [0.1, 0.15) is 18.9 Å². The molecule has 0 bridgehead atoms. The second-order valence-electron chi connectivity index (χ2n) is 3.17. The van der Waals surface area contributed by atoms with Gasteiger partial charge >= 0.3 is 0 Å². The largest absolute Gasteiger partial charge is 0.399 e. The minimum Gasteiger partial charge on any atom is -0.399 e. The number of nitrogen functional groups attached to an aromatic ring is 1. The van der Waals surface area contributed by atoms with Crippen molar-refractivity contribution < 1.29 is 4.79 Å². The maximum atomic E-state index is 10.6. The van der Waals surface area contributed by atoms with E-state index in [-0.39, 0.29) is 5.12 Å². The van der Waals surface area contributed by atoms with Crippen molar-refractivity contribution in [2.24, 2.45) is 0 Å². The Bertz CT molecular complexity index is 428. The van der Waals surface area contributed by atoms with Gasteiger partial charge in [0.05, 0.1) is 0 Å². The zero-order valence-corrected chi connectivity index (χ0v) is 10.5. The third kappa shape index (κ3) is 5.11. The molecule has 1 aromatic carbocycles. The number of anilines is 1. The SMILES string of the molecule is CC(=O)SCCC#Cc1cc(N)cc(Cl)c1. The van der Waals surface area contributed by atoms with Crippen LogP contribution in [0.5, 0.6) is 0 Å². The van der Waals surface area contributed by atoms with Crippen molar-refractivity contribution in [3.8, 4) is 11.8 Å². The Morgan fingerprint density at radius 2 is 2.25 bits per heavy atom. The fourth-order valence-corrected chi connectivity index (χ4v) is 1.83. The fraction of sp³-hybridized carbons (Fsp3) is 0.250. The summed E-state index contributed by atoms with van der Waals surface area (Å²) < 4.78 is 0. The van der Waals surface area contributed by atoms with Gasteiger partial charge in [0.15, 0.2) is 5.12 Å². The molecule has 0 aromatic heterocycles. The number of carbonyl (C=O) groups is 1. The molecule has 0 atom stereocenters. The molecule has 0 aliphatic heterocycles. The van der Waals surface area contributed by atoms with Crippen LogP contribution in [0.2, 0.25) is 5.02 Å². The number of halogens is 1. The lowest BCUT2D eigenvalue weighted by Gasteiger charge is -1.96. The van der Waals surface area contributed by atoms with Crippen molar-refractivity contribution in [2.45, 2.75) is 13.3 Å². The average molecular weight is 254 g/mol. The van der Waals surface area contributed by atoms with Crippen LogP contribution in [0.15, 0.2) is 18.2 Å². The minimum absolute atomic E-state index is 0.119. The molecular weight excluding hydrogens is 242 g/mol. The first-order chi connectivity index (χ1) is 7.58. The minimum atomic E-state index is 0.119. The summed E-state index contributed by atoms with van der Waals surface area (Å²) in [5.41, 5.74) is 7.04. The molecule has 0 spiro atoms. The first-order valence-corrected chi connectivity index (χ1v) is 6.12. The highest BCUT2D eigenvalue weighted by Crippen LogP contribution is 2.15. The molecule has 2 N–H and O–H groups in total. The van der Waals surface area contributed by atoms with Crippen molar-refractivity contribution in [3.63, 3.8) is 0 Å². The molecule has 1 aromatic rings. The molecule has 0 radical (unpaired) electrons. The van der Waals surface area contributed by atoms with Crippen LogP contribution in [0, 0.1) is 11.8 Å². The molecule has 0 aliphatic carbocycles. The van der Waals surface area contributed by atoms with E-state index in [4.69, 9.17) is 17.3 Å². The maximum Gasteiger partial charge on any atom is 0.185 e. The van der Waals surface area contributed by atoms with E-state index >= 15 is 0 Å².